The average Bonchev–Trinajstić information content (AvgIpc) is 3.72. The molecule has 5 rings (SSSR count). The number of anilines is 2. The van der Waals surface area contributed by atoms with Gasteiger partial charge in [0.25, 0.3) is 0 Å². The van der Waals surface area contributed by atoms with Gasteiger partial charge in [-0.1, -0.05) is 18.8 Å². The van der Waals surface area contributed by atoms with Crippen molar-refractivity contribution in [2.75, 3.05) is 30.7 Å². The molecule has 1 fully saturated rings. The van der Waals surface area contributed by atoms with Gasteiger partial charge in [-0.2, -0.15) is 0 Å². The van der Waals surface area contributed by atoms with E-state index in [2.05, 4.69) is 40.5 Å². The third-order valence-corrected chi connectivity index (χ3v) is 8.84. The van der Waals surface area contributed by atoms with E-state index in [1.165, 1.54) is 12.4 Å². The van der Waals surface area contributed by atoms with Gasteiger partial charge in [-0.05, 0) is 19.9 Å². The fourth-order valence-electron chi connectivity index (χ4n) is 4.83. The Balaban J connectivity index is 1.24. The third kappa shape index (κ3) is 7.05. The molecule has 5 heterocycles. The molecule has 4 atom stereocenters. The van der Waals surface area contributed by atoms with Gasteiger partial charge in [-0.15, -0.1) is 0 Å². The van der Waals surface area contributed by atoms with Crippen LogP contribution in [0.1, 0.15) is 45.9 Å². The molecule has 236 valence electrons. The Hall–Kier alpha value is -3.95. The van der Waals surface area contributed by atoms with E-state index in [1.807, 2.05) is 13.8 Å². The second-order valence-corrected chi connectivity index (χ2v) is 13.3. The van der Waals surface area contributed by atoms with Gasteiger partial charge in [0.2, 0.25) is 23.7 Å². The first-order chi connectivity index (χ1) is 21.0. The van der Waals surface area contributed by atoms with Crippen LogP contribution in [0.3, 0.4) is 0 Å². The van der Waals surface area contributed by atoms with Crippen molar-refractivity contribution in [1.82, 2.24) is 35.2 Å². The van der Waals surface area contributed by atoms with Crippen molar-refractivity contribution in [2.24, 2.45) is 0 Å². The molecule has 16 nitrogen and oxygen atoms in total. The molecular weight excluding hydrogens is 591 g/mol. The summed E-state index contributed by atoms with van der Waals surface area (Å²) >= 11 is 0. The van der Waals surface area contributed by atoms with Crippen LogP contribution < -0.4 is 25.8 Å². The number of imidazole rings is 1. The van der Waals surface area contributed by atoms with Crippen LogP contribution in [0.15, 0.2) is 31.3 Å². The van der Waals surface area contributed by atoms with Crippen LogP contribution in [0.25, 0.3) is 28.3 Å². The zero-order valence-corrected chi connectivity index (χ0v) is 25.8. The van der Waals surface area contributed by atoms with Gasteiger partial charge in [0.1, 0.15) is 30.9 Å². The number of ether oxygens (including phenoxy) is 2. The number of amides is 1. The molecule has 0 aromatic carbocycles. The Labute approximate surface area is 253 Å². The molecule has 44 heavy (non-hydrogen) atoms. The lowest BCUT2D eigenvalue weighted by Crippen LogP contribution is -2.41. The molecule has 0 spiro atoms. The molecule has 1 amide bonds. The molecule has 1 aliphatic heterocycles. The number of carbonyl (C=O) groups is 1. The molecule has 17 heteroatoms. The highest BCUT2D eigenvalue weighted by Crippen LogP contribution is 2.43. The van der Waals surface area contributed by atoms with Crippen LogP contribution in [-0.4, -0.2) is 79.5 Å². The molecule has 0 radical (unpaired) electrons. The highest BCUT2D eigenvalue weighted by atomic mass is 31.2. The van der Waals surface area contributed by atoms with E-state index < -0.39 is 31.7 Å². The van der Waals surface area contributed by atoms with Crippen molar-refractivity contribution in [3.63, 3.8) is 0 Å². The standard InChI is InChI=1S/C27H37N10O6P/c1-15(2)42-18-9-21(43-19(18)11-41-44(39,40)16(3)4)37-14-36-24(28)22-17(10-31-27(22)37)5-6-20(38)29-7-8-30-25-23-26(33-12-32-23)35-13-34-25/h5-6,10,12-16,18-19,21H,7-9,11H2,1-4H3,(H6,28,29,30,31,32,33,34,35,38,39,40)/t18-,19-,21-/m1/s1. The SMILES string of the molecule is CC(C)O[C@@H]1C[C@H]([n+]2cnc(N)c3c(/C=C/C(=O)NCCNc4ncnc5nc[nH]c45)c[nH]c32)O[C@@H]1COP(=O)([O-])C(C)C. The number of H-pyrrole nitrogens is 2. The van der Waals surface area contributed by atoms with E-state index in [4.69, 9.17) is 19.7 Å². The minimum Gasteiger partial charge on any atom is -0.778 e. The Morgan fingerprint density at radius 1 is 1.25 bits per heavy atom. The normalized spacial score (nSPS) is 20.3. The van der Waals surface area contributed by atoms with E-state index in [1.54, 1.807) is 43.3 Å². The number of fused-ring (bicyclic) bond motifs is 2. The predicted octanol–water partition coefficient (Wildman–Crippen LogP) is 1.40. The van der Waals surface area contributed by atoms with Crippen molar-refractivity contribution in [2.45, 2.75) is 64.3 Å². The number of aromatic amines is 2. The molecular formula is C27H37N10O6P. The van der Waals surface area contributed by atoms with Gasteiger partial charge in [0, 0.05) is 36.8 Å². The molecule has 0 bridgehead atoms. The number of carbonyl (C=O) groups excluding carboxylic acids is 1. The maximum absolute atomic E-state index is 12.5. The van der Waals surface area contributed by atoms with Crippen LogP contribution in [-0.2, 0) is 23.4 Å². The summed E-state index contributed by atoms with van der Waals surface area (Å²) in [4.78, 5) is 47.7. The number of hydrogen-bond donors (Lipinski definition) is 5. The smallest absolute Gasteiger partial charge is 0.244 e. The zero-order valence-electron chi connectivity index (χ0n) is 24.9. The number of rotatable bonds is 13. The summed E-state index contributed by atoms with van der Waals surface area (Å²) in [5.74, 6) is 0.577. The van der Waals surface area contributed by atoms with E-state index in [-0.39, 0.29) is 24.4 Å². The molecule has 4 aromatic heterocycles. The second kappa shape index (κ2) is 13.4. The number of nitrogen functional groups attached to an aromatic ring is 1. The summed E-state index contributed by atoms with van der Waals surface area (Å²) in [6.07, 6.45) is 8.09. The second-order valence-electron chi connectivity index (χ2n) is 10.9. The Bertz CT molecular complexity index is 1690. The average molecular weight is 629 g/mol. The van der Waals surface area contributed by atoms with Gasteiger partial charge >= 0.3 is 0 Å². The first-order valence-electron chi connectivity index (χ1n) is 14.3. The topological polar surface area (TPSA) is 222 Å². The summed E-state index contributed by atoms with van der Waals surface area (Å²) < 4.78 is 31.7. The first kappa shape index (κ1) is 31.5. The summed E-state index contributed by atoms with van der Waals surface area (Å²) in [5.41, 5.74) is 8.13. The third-order valence-electron chi connectivity index (χ3n) is 7.07. The van der Waals surface area contributed by atoms with Gasteiger partial charge in [-0.25, -0.2) is 19.5 Å². The van der Waals surface area contributed by atoms with E-state index in [0.29, 0.717) is 53.1 Å². The molecule has 0 aliphatic carbocycles. The Kier molecular flexibility index (Phi) is 9.56. The summed E-state index contributed by atoms with van der Waals surface area (Å²) in [5, 5.41) is 6.58. The maximum atomic E-state index is 12.5. The Morgan fingerprint density at radius 3 is 2.84 bits per heavy atom. The van der Waals surface area contributed by atoms with Crippen molar-refractivity contribution in [1.29, 1.82) is 0 Å². The molecule has 1 unspecified atom stereocenters. The molecule has 0 saturated carbocycles. The summed E-state index contributed by atoms with van der Waals surface area (Å²) in [6, 6.07) is 0. The molecule has 1 aliphatic rings. The fraction of sp³-hybridized carbons (Fsp3) is 0.481. The fourth-order valence-corrected chi connectivity index (χ4v) is 5.48. The van der Waals surface area contributed by atoms with Crippen LogP contribution in [0.4, 0.5) is 11.6 Å². The van der Waals surface area contributed by atoms with Gasteiger partial charge in [0.05, 0.1) is 31.3 Å². The van der Waals surface area contributed by atoms with Crippen LogP contribution in [0.2, 0.25) is 0 Å². The number of nitrogens with two attached hydrogens (primary N) is 1. The minimum atomic E-state index is -4.04. The zero-order chi connectivity index (χ0) is 31.4. The lowest BCUT2D eigenvalue weighted by molar-refractivity contribution is -0.740. The highest BCUT2D eigenvalue weighted by molar-refractivity contribution is 7.52. The van der Waals surface area contributed by atoms with E-state index >= 15 is 0 Å². The van der Waals surface area contributed by atoms with E-state index in [9.17, 15) is 14.3 Å². The van der Waals surface area contributed by atoms with E-state index in [0.717, 1.165) is 0 Å². The van der Waals surface area contributed by atoms with Crippen molar-refractivity contribution >= 4 is 53.4 Å². The minimum absolute atomic E-state index is 0.104. The molecule has 4 aromatic rings. The van der Waals surface area contributed by atoms with Gasteiger partial charge in [0.15, 0.2) is 17.7 Å². The summed E-state index contributed by atoms with van der Waals surface area (Å²) in [7, 11) is -4.04. The molecule has 1 saturated heterocycles. The van der Waals surface area contributed by atoms with Gasteiger partial charge < -0.3 is 44.8 Å². The van der Waals surface area contributed by atoms with Crippen molar-refractivity contribution in [3.05, 3.63) is 36.8 Å². The molecule has 6 N–H and O–H groups in total. The highest BCUT2D eigenvalue weighted by Gasteiger charge is 2.41. The maximum Gasteiger partial charge on any atom is 0.244 e. The lowest BCUT2D eigenvalue weighted by Gasteiger charge is -2.29. The number of hydrogen-bond acceptors (Lipinski definition) is 12. The Morgan fingerprint density at radius 2 is 2.07 bits per heavy atom. The summed E-state index contributed by atoms with van der Waals surface area (Å²) in [6.45, 7) is 7.57. The number of nitrogens with one attached hydrogen (secondary N) is 4. The van der Waals surface area contributed by atoms with Crippen molar-refractivity contribution in [3.8, 4) is 0 Å². The quantitative estimate of drug-likeness (QED) is 0.0614. The van der Waals surface area contributed by atoms with Crippen LogP contribution in [0, 0.1) is 0 Å². The largest absolute Gasteiger partial charge is 0.778 e. The number of aromatic nitrogens is 7. The first-order valence-corrected chi connectivity index (χ1v) is 15.9. The number of nitrogens with zero attached hydrogens (tertiary/aromatic N) is 5. The van der Waals surface area contributed by atoms with Crippen molar-refractivity contribution < 1.29 is 32.8 Å². The monoisotopic (exact) mass is 628 g/mol. The lowest BCUT2D eigenvalue weighted by atomic mass is 10.1. The van der Waals surface area contributed by atoms with Crippen LogP contribution in [0.5, 0.6) is 0 Å². The van der Waals surface area contributed by atoms with Gasteiger partial charge in [-0.3, -0.25) is 9.78 Å². The van der Waals surface area contributed by atoms with Crippen LogP contribution >= 0.6 is 7.60 Å². The predicted molar refractivity (Wildman–Crippen MR) is 160 cm³/mol.